The van der Waals surface area contributed by atoms with Gasteiger partial charge in [-0.25, -0.2) is 4.79 Å². The Balaban J connectivity index is 5.49. The molecule has 0 aliphatic carbocycles. The van der Waals surface area contributed by atoms with Crippen molar-refractivity contribution in [3.05, 3.63) is 0 Å². The number of rotatable bonds is 14. The van der Waals surface area contributed by atoms with Crippen molar-refractivity contribution in [2.75, 3.05) is 0 Å². The smallest absolute Gasteiger partial charge is 0.326 e. The van der Waals surface area contributed by atoms with Gasteiger partial charge in [-0.05, 0) is 25.2 Å². The largest absolute Gasteiger partial charge is 0.481 e. The minimum absolute atomic E-state index is 0.0755. The predicted molar refractivity (Wildman–Crippen MR) is 114 cm³/mol. The summed E-state index contributed by atoms with van der Waals surface area (Å²) in [6.45, 7) is 8.30. The van der Waals surface area contributed by atoms with Gasteiger partial charge in [0.1, 0.15) is 18.1 Å². The number of aliphatic hydroxyl groups excluding tert-OH is 1. The topological polar surface area (TPSA) is 208 Å². The van der Waals surface area contributed by atoms with Crippen molar-refractivity contribution in [3.8, 4) is 0 Å². The number of nitrogens with one attached hydrogen (secondary N) is 3. The molecule has 0 rings (SSSR count). The highest BCUT2D eigenvalue weighted by molar-refractivity contribution is 5.95. The molecule has 0 aromatic carbocycles. The van der Waals surface area contributed by atoms with Crippen LogP contribution in [-0.4, -0.2) is 75.3 Å². The van der Waals surface area contributed by atoms with Gasteiger partial charge in [-0.2, -0.15) is 0 Å². The SMILES string of the molecule is CCC(C)C(N)C(=O)NC(C(=O)NC(CC(=O)O)C(=O)NC(CC(C)C)C(=O)O)C(C)O. The first-order valence-electron chi connectivity index (χ1n) is 10.5. The van der Waals surface area contributed by atoms with Crippen LogP contribution in [0.15, 0.2) is 0 Å². The van der Waals surface area contributed by atoms with Crippen LogP contribution in [0, 0.1) is 11.8 Å². The molecule has 12 nitrogen and oxygen atoms in total. The van der Waals surface area contributed by atoms with Gasteiger partial charge in [0.05, 0.1) is 18.6 Å². The fourth-order valence-electron chi connectivity index (χ4n) is 2.78. The van der Waals surface area contributed by atoms with Crippen LogP contribution >= 0.6 is 0 Å². The number of hydrogen-bond acceptors (Lipinski definition) is 7. The second-order valence-corrected chi connectivity index (χ2v) is 8.33. The third kappa shape index (κ3) is 10.1. The Kier molecular flexibility index (Phi) is 12.5. The van der Waals surface area contributed by atoms with Gasteiger partial charge in [-0.3, -0.25) is 19.2 Å². The summed E-state index contributed by atoms with van der Waals surface area (Å²) in [6, 6.07) is -5.36. The molecule has 6 atom stereocenters. The highest BCUT2D eigenvalue weighted by Gasteiger charge is 2.34. The standard InChI is InChI=1S/C20H36N4O8/c1-6-10(4)15(21)18(29)24-16(11(5)25)19(30)22-12(8-14(26)27)17(28)23-13(20(31)32)7-9(2)3/h9-13,15-16,25H,6-8,21H2,1-5H3,(H,22,30)(H,23,28)(H,24,29)(H,26,27)(H,31,32). The van der Waals surface area contributed by atoms with Crippen LogP contribution in [0.5, 0.6) is 0 Å². The summed E-state index contributed by atoms with van der Waals surface area (Å²) in [5.74, 6) is -5.72. The molecule has 0 aliphatic heterocycles. The molecule has 0 aliphatic rings. The molecule has 0 radical (unpaired) electrons. The summed E-state index contributed by atoms with van der Waals surface area (Å²) in [6.07, 6.45) is -1.53. The van der Waals surface area contributed by atoms with Gasteiger partial charge in [0, 0.05) is 0 Å². The van der Waals surface area contributed by atoms with Gasteiger partial charge in [0.15, 0.2) is 0 Å². The van der Waals surface area contributed by atoms with E-state index in [1.165, 1.54) is 6.92 Å². The van der Waals surface area contributed by atoms with Gasteiger partial charge >= 0.3 is 11.9 Å². The maximum atomic E-state index is 12.7. The number of carbonyl (C=O) groups excluding carboxylic acids is 3. The average Bonchev–Trinajstić information content (AvgIpc) is 2.68. The van der Waals surface area contributed by atoms with E-state index in [-0.39, 0.29) is 18.3 Å². The lowest BCUT2D eigenvalue weighted by Gasteiger charge is -2.27. The minimum atomic E-state index is -1.63. The van der Waals surface area contributed by atoms with E-state index in [9.17, 15) is 34.2 Å². The summed E-state index contributed by atoms with van der Waals surface area (Å²) in [5.41, 5.74) is 5.84. The molecular formula is C20H36N4O8. The molecule has 0 saturated heterocycles. The van der Waals surface area contributed by atoms with E-state index in [1.807, 2.05) is 6.92 Å². The molecular weight excluding hydrogens is 424 g/mol. The number of hydrogen-bond donors (Lipinski definition) is 7. The highest BCUT2D eigenvalue weighted by Crippen LogP contribution is 2.08. The molecule has 0 saturated carbocycles. The maximum absolute atomic E-state index is 12.7. The van der Waals surface area contributed by atoms with Crippen molar-refractivity contribution in [1.82, 2.24) is 16.0 Å². The van der Waals surface area contributed by atoms with E-state index in [0.29, 0.717) is 6.42 Å². The van der Waals surface area contributed by atoms with Gasteiger partial charge in [0.2, 0.25) is 17.7 Å². The quantitative estimate of drug-likeness (QED) is 0.166. The second kappa shape index (κ2) is 13.6. The van der Waals surface area contributed by atoms with Crippen molar-refractivity contribution in [1.29, 1.82) is 0 Å². The second-order valence-electron chi connectivity index (χ2n) is 8.33. The molecule has 0 aromatic rings. The van der Waals surface area contributed by atoms with E-state index in [0.717, 1.165) is 0 Å². The first-order chi connectivity index (χ1) is 14.7. The lowest BCUT2D eigenvalue weighted by atomic mass is 9.98. The van der Waals surface area contributed by atoms with Gasteiger partial charge < -0.3 is 37.0 Å². The van der Waals surface area contributed by atoms with Crippen LogP contribution in [0.4, 0.5) is 0 Å². The van der Waals surface area contributed by atoms with Gasteiger partial charge in [-0.1, -0.05) is 34.1 Å². The van der Waals surface area contributed by atoms with E-state index in [1.54, 1.807) is 20.8 Å². The Morgan fingerprint density at radius 3 is 1.78 bits per heavy atom. The Hall–Kier alpha value is -2.73. The third-order valence-electron chi connectivity index (χ3n) is 4.96. The number of carbonyl (C=O) groups is 5. The summed E-state index contributed by atoms with van der Waals surface area (Å²) in [4.78, 5) is 60.1. The average molecular weight is 461 g/mol. The van der Waals surface area contributed by atoms with Crippen molar-refractivity contribution >= 4 is 29.7 Å². The van der Waals surface area contributed by atoms with Crippen LogP contribution in [0.1, 0.15) is 53.9 Å². The maximum Gasteiger partial charge on any atom is 0.326 e. The lowest BCUT2D eigenvalue weighted by molar-refractivity contribution is -0.144. The molecule has 184 valence electrons. The predicted octanol–water partition coefficient (Wildman–Crippen LogP) is -1.20. The molecule has 0 heterocycles. The van der Waals surface area contributed by atoms with E-state index in [4.69, 9.17) is 10.8 Å². The number of nitrogens with two attached hydrogens (primary N) is 1. The first kappa shape index (κ1) is 29.3. The molecule has 0 spiro atoms. The van der Waals surface area contributed by atoms with E-state index < -0.39 is 66.4 Å². The molecule has 0 fully saturated rings. The third-order valence-corrected chi connectivity index (χ3v) is 4.96. The Morgan fingerprint density at radius 1 is 0.844 bits per heavy atom. The molecule has 8 N–H and O–H groups in total. The normalized spacial score (nSPS) is 16.8. The fraction of sp³-hybridized carbons (Fsp3) is 0.750. The van der Waals surface area contributed by atoms with Crippen molar-refractivity contribution in [3.63, 3.8) is 0 Å². The minimum Gasteiger partial charge on any atom is -0.481 e. The fourth-order valence-corrected chi connectivity index (χ4v) is 2.78. The summed E-state index contributed by atoms with van der Waals surface area (Å²) >= 11 is 0. The summed E-state index contributed by atoms with van der Waals surface area (Å²) < 4.78 is 0. The highest BCUT2D eigenvalue weighted by atomic mass is 16.4. The summed E-state index contributed by atoms with van der Waals surface area (Å²) in [5, 5.41) is 35.0. The van der Waals surface area contributed by atoms with Crippen molar-refractivity contribution < 1.29 is 39.3 Å². The van der Waals surface area contributed by atoms with Crippen molar-refractivity contribution in [2.45, 2.75) is 84.2 Å². The number of aliphatic carboxylic acids is 2. The van der Waals surface area contributed by atoms with Crippen LogP contribution in [0.2, 0.25) is 0 Å². The molecule has 12 heteroatoms. The zero-order valence-electron chi connectivity index (χ0n) is 19.1. The zero-order chi connectivity index (χ0) is 25.2. The Labute approximate surface area is 187 Å². The monoisotopic (exact) mass is 460 g/mol. The molecule has 32 heavy (non-hydrogen) atoms. The van der Waals surface area contributed by atoms with E-state index >= 15 is 0 Å². The molecule has 0 aromatic heterocycles. The number of aliphatic hydroxyl groups is 1. The zero-order valence-corrected chi connectivity index (χ0v) is 19.1. The van der Waals surface area contributed by atoms with Crippen LogP contribution in [-0.2, 0) is 24.0 Å². The molecule has 0 bridgehead atoms. The summed E-state index contributed by atoms with van der Waals surface area (Å²) in [7, 11) is 0. The van der Waals surface area contributed by atoms with E-state index in [2.05, 4.69) is 16.0 Å². The van der Waals surface area contributed by atoms with Crippen molar-refractivity contribution in [2.24, 2.45) is 17.6 Å². The van der Waals surface area contributed by atoms with Crippen LogP contribution in [0.3, 0.4) is 0 Å². The number of carboxylic acids is 2. The van der Waals surface area contributed by atoms with Gasteiger partial charge in [-0.15, -0.1) is 0 Å². The van der Waals surface area contributed by atoms with Gasteiger partial charge in [0.25, 0.3) is 0 Å². The number of carboxylic acid groups (broad SMARTS) is 2. The first-order valence-corrected chi connectivity index (χ1v) is 10.5. The van der Waals surface area contributed by atoms with Crippen LogP contribution in [0.25, 0.3) is 0 Å². The molecule has 6 unspecified atom stereocenters. The Bertz CT molecular complexity index is 683. The lowest BCUT2D eigenvalue weighted by Crippen LogP contribution is -2.60. The van der Waals surface area contributed by atoms with Crippen LogP contribution < -0.4 is 21.7 Å². The Morgan fingerprint density at radius 2 is 1.38 bits per heavy atom. The number of amides is 3. The molecule has 3 amide bonds.